The van der Waals surface area contributed by atoms with Crippen LogP contribution in [-0.4, -0.2) is 37.1 Å². The van der Waals surface area contributed by atoms with Crippen LogP contribution in [0.4, 0.5) is 0 Å². The lowest BCUT2D eigenvalue weighted by atomic mass is 9.99. The molecule has 0 aliphatic carbocycles. The van der Waals surface area contributed by atoms with Crippen LogP contribution in [0.1, 0.15) is 10.4 Å². The first kappa shape index (κ1) is 13.8. The zero-order valence-electron chi connectivity index (χ0n) is 11.9. The Morgan fingerprint density at radius 1 is 0.952 bits per heavy atom. The standard InChI is InChI=1S/C17H19N3O/c21-17(19-20-12-10-18-11-13-20)16-9-5-4-8-15(16)14-6-2-1-3-7-14/h1-9,18H,10-13H2,(H,19,21). The zero-order chi connectivity index (χ0) is 14.5. The van der Waals surface area contributed by atoms with Crippen molar-refractivity contribution in [2.75, 3.05) is 26.2 Å². The van der Waals surface area contributed by atoms with Crippen molar-refractivity contribution < 1.29 is 4.79 Å². The number of rotatable bonds is 3. The van der Waals surface area contributed by atoms with Crippen LogP contribution in [0.5, 0.6) is 0 Å². The molecule has 21 heavy (non-hydrogen) atoms. The highest BCUT2D eigenvalue weighted by Crippen LogP contribution is 2.23. The number of hydrazine groups is 1. The topological polar surface area (TPSA) is 44.4 Å². The maximum atomic E-state index is 12.5. The van der Waals surface area contributed by atoms with Crippen molar-refractivity contribution in [2.24, 2.45) is 0 Å². The van der Waals surface area contributed by atoms with E-state index in [0.717, 1.165) is 37.3 Å². The smallest absolute Gasteiger partial charge is 0.266 e. The lowest BCUT2D eigenvalue weighted by molar-refractivity contribution is 0.0765. The molecule has 1 heterocycles. The second kappa shape index (κ2) is 6.52. The van der Waals surface area contributed by atoms with Crippen molar-refractivity contribution >= 4 is 5.91 Å². The summed E-state index contributed by atoms with van der Waals surface area (Å²) in [5.74, 6) is -0.0450. The number of carbonyl (C=O) groups excluding carboxylic acids is 1. The molecule has 2 aromatic carbocycles. The molecule has 0 bridgehead atoms. The van der Waals surface area contributed by atoms with Crippen molar-refractivity contribution in [3.63, 3.8) is 0 Å². The van der Waals surface area contributed by atoms with E-state index in [-0.39, 0.29) is 5.91 Å². The number of carbonyl (C=O) groups is 1. The first-order valence-corrected chi connectivity index (χ1v) is 7.26. The minimum atomic E-state index is -0.0450. The van der Waals surface area contributed by atoms with Crippen LogP contribution < -0.4 is 10.7 Å². The lowest BCUT2D eigenvalue weighted by Crippen LogP contribution is -2.52. The van der Waals surface area contributed by atoms with E-state index < -0.39 is 0 Å². The number of nitrogens with zero attached hydrogens (tertiary/aromatic N) is 1. The van der Waals surface area contributed by atoms with Gasteiger partial charge in [-0.1, -0.05) is 48.5 Å². The molecule has 2 aromatic rings. The Hall–Kier alpha value is -2.17. The summed E-state index contributed by atoms with van der Waals surface area (Å²) in [5, 5.41) is 5.24. The van der Waals surface area contributed by atoms with Gasteiger partial charge in [0.1, 0.15) is 0 Å². The molecule has 1 saturated heterocycles. The second-order valence-corrected chi connectivity index (χ2v) is 5.09. The highest BCUT2D eigenvalue weighted by atomic mass is 16.2. The van der Waals surface area contributed by atoms with Crippen molar-refractivity contribution in [3.8, 4) is 11.1 Å². The van der Waals surface area contributed by atoms with E-state index in [1.54, 1.807) is 0 Å². The van der Waals surface area contributed by atoms with Gasteiger partial charge in [0.05, 0.1) is 0 Å². The van der Waals surface area contributed by atoms with Crippen LogP contribution in [0.15, 0.2) is 54.6 Å². The number of amides is 1. The molecule has 4 nitrogen and oxygen atoms in total. The van der Waals surface area contributed by atoms with Crippen molar-refractivity contribution in [1.29, 1.82) is 0 Å². The van der Waals surface area contributed by atoms with Gasteiger partial charge in [0.2, 0.25) is 0 Å². The predicted octanol–water partition coefficient (Wildman–Crippen LogP) is 1.90. The van der Waals surface area contributed by atoms with E-state index in [9.17, 15) is 4.79 Å². The Labute approximate surface area is 124 Å². The Morgan fingerprint density at radius 2 is 1.62 bits per heavy atom. The highest BCUT2D eigenvalue weighted by Gasteiger charge is 2.16. The maximum absolute atomic E-state index is 12.5. The van der Waals surface area contributed by atoms with Gasteiger partial charge >= 0.3 is 0 Å². The summed E-state index contributed by atoms with van der Waals surface area (Å²) < 4.78 is 0. The molecule has 1 fully saturated rings. The first-order valence-electron chi connectivity index (χ1n) is 7.26. The molecule has 0 spiro atoms. The van der Waals surface area contributed by atoms with Crippen molar-refractivity contribution in [3.05, 3.63) is 60.2 Å². The molecule has 0 saturated carbocycles. The van der Waals surface area contributed by atoms with Gasteiger partial charge in [0, 0.05) is 31.7 Å². The fourth-order valence-electron chi connectivity index (χ4n) is 2.53. The number of hydrogen-bond acceptors (Lipinski definition) is 3. The number of benzene rings is 2. The summed E-state index contributed by atoms with van der Waals surface area (Å²) in [5.41, 5.74) is 5.73. The Morgan fingerprint density at radius 3 is 2.38 bits per heavy atom. The van der Waals surface area contributed by atoms with Gasteiger partial charge in [0.25, 0.3) is 5.91 Å². The molecule has 4 heteroatoms. The van der Waals surface area contributed by atoms with Gasteiger partial charge in [-0.2, -0.15) is 0 Å². The molecule has 108 valence electrons. The molecule has 0 aromatic heterocycles. The number of piperazine rings is 1. The van der Waals surface area contributed by atoms with Crippen LogP contribution >= 0.6 is 0 Å². The zero-order valence-corrected chi connectivity index (χ0v) is 11.9. The Kier molecular flexibility index (Phi) is 4.28. The van der Waals surface area contributed by atoms with E-state index >= 15 is 0 Å². The van der Waals surface area contributed by atoms with Crippen LogP contribution in [0, 0.1) is 0 Å². The largest absolute Gasteiger partial charge is 0.314 e. The van der Waals surface area contributed by atoms with Gasteiger partial charge in [-0.05, 0) is 17.2 Å². The van der Waals surface area contributed by atoms with Crippen LogP contribution in [-0.2, 0) is 0 Å². The lowest BCUT2D eigenvalue weighted by Gasteiger charge is -2.27. The third kappa shape index (κ3) is 3.29. The van der Waals surface area contributed by atoms with E-state index in [4.69, 9.17) is 0 Å². The molecular formula is C17H19N3O. The quantitative estimate of drug-likeness (QED) is 0.903. The molecule has 0 atom stereocenters. The van der Waals surface area contributed by atoms with Crippen LogP contribution in [0.25, 0.3) is 11.1 Å². The molecular weight excluding hydrogens is 262 g/mol. The Balaban J connectivity index is 1.83. The normalized spacial score (nSPS) is 15.6. The Bertz CT molecular complexity index is 606. The predicted molar refractivity (Wildman–Crippen MR) is 83.8 cm³/mol. The van der Waals surface area contributed by atoms with Gasteiger partial charge in [-0.15, -0.1) is 0 Å². The summed E-state index contributed by atoms with van der Waals surface area (Å²) in [7, 11) is 0. The summed E-state index contributed by atoms with van der Waals surface area (Å²) >= 11 is 0. The molecule has 1 aliphatic rings. The van der Waals surface area contributed by atoms with Gasteiger partial charge in [-0.25, -0.2) is 5.01 Å². The summed E-state index contributed by atoms with van der Waals surface area (Å²) in [6.07, 6.45) is 0. The molecule has 1 amide bonds. The van der Waals surface area contributed by atoms with Gasteiger partial charge in [-0.3, -0.25) is 10.2 Å². The van der Waals surface area contributed by atoms with Gasteiger partial charge in [0.15, 0.2) is 0 Å². The van der Waals surface area contributed by atoms with E-state index in [2.05, 4.69) is 10.7 Å². The average Bonchev–Trinajstić information content (AvgIpc) is 2.56. The third-order valence-corrected chi connectivity index (χ3v) is 3.63. The van der Waals surface area contributed by atoms with Crippen LogP contribution in [0.3, 0.4) is 0 Å². The third-order valence-electron chi connectivity index (χ3n) is 3.63. The average molecular weight is 281 g/mol. The van der Waals surface area contributed by atoms with E-state index in [1.807, 2.05) is 59.6 Å². The number of hydrogen-bond donors (Lipinski definition) is 2. The van der Waals surface area contributed by atoms with Crippen molar-refractivity contribution in [1.82, 2.24) is 15.8 Å². The van der Waals surface area contributed by atoms with Crippen LogP contribution in [0.2, 0.25) is 0 Å². The fourth-order valence-corrected chi connectivity index (χ4v) is 2.53. The number of nitrogens with one attached hydrogen (secondary N) is 2. The minimum absolute atomic E-state index is 0.0450. The molecule has 2 N–H and O–H groups in total. The fraction of sp³-hybridized carbons (Fsp3) is 0.235. The molecule has 3 rings (SSSR count). The van der Waals surface area contributed by atoms with E-state index in [0.29, 0.717) is 5.56 Å². The summed E-state index contributed by atoms with van der Waals surface area (Å²) in [6.45, 7) is 3.47. The molecule has 1 aliphatic heterocycles. The highest BCUT2D eigenvalue weighted by molar-refractivity contribution is 6.00. The van der Waals surface area contributed by atoms with E-state index in [1.165, 1.54) is 0 Å². The summed E-state index contributed by atoms with van der Waals surface area (Å²) in [4.78, 5) is 12.5. The monoisotopic (exact) mass is 281 g/mol. The second-order valence-electron chi connectivity index (χ2n) is 5.09. The summed E-state index contributed by atoms with van der Waals surface area (Å²) in [6, 6.07) is 17.7. The van der Waals surface area contributed by atoms with Crippen molar-refractivity contribution in [2.45, 2.75) is 0 Å². The van der Waals surface area contributed by atoms with Gasteiger partial charge < -0.3 is 5.32 Å². The maximum Gasteiger partial charge on any atom is 0.266 e. The first-order chi connectivity index (χ1) is 10.3. The molecule has 0 radical (unpaired) electrons. The SMILES string of the molecule is O=C(NN1CCNCC1)c1ccccc1-c1ccccc1. The molecule has 0 unspecified atom stereocenters. The minimum Gasteiger partial charge on any atom is -0.314 e.